The molecule has 2 N–H and O–H groups in total. The van der Waals surface area contributed by atoms with Gasteiger partial charge >= 0.3 is 0 Å². The summed E-state index contributed by atoms with van der Waals surface area (Å²) < 4.78 is 20.0. The van der Waals surface area contributed by atoms with Crippen LogP contribution in [0.4, 0.5) is 10.1 Å². The first-order valence-electron chi connectivity index (χ1n) is 11.2. The van der Waals surface area contributed by atoms with Gasteiger partial charge < -0.3 is 15.0 Å². The molecule has 1 saturated carbocycles. The highest BCUT2D eigenvalue weighted by molar-refractivity contribution is 5.96. The molecule has 2 aliphatic rings. The molecule has 7 heteroatoms. The van der Waals surface area contributed by atoms with Gasteiger partial charge in [0, 0.05) is 29.9 Å². The van der Waals surface area contributed by atoms with Crippen LogP contribution in [-0.4, -0.2) is 59.9 Å². The van der Waals surface area contributed by atoms with Crippen LogP contribution in [0.1, 0.15) is 59.3 Å². The van der Waals surface area contributed by atoms with E-state index in [4.69, 9.17) is 10.1 Å². The molecule has 6 nitrogen and oxygen atoms in total. The van der Waals surface area contributed by atoms with E-state index in [1.807, 2.05) is 0 Å². The fourth-order valence-corrected chi connectivity index (χ4v) is 4.27. The van der Waals surface area contributed by atoms with Crippen molar-refractivity contribution in [1.29, 1.82) is 5.41 Å². The summed E-state index contributed by atoms with van der Waals surface area (Å²) in [5.74, 6) is -0.195. The Balaban J connectivity index is 1.52. The number of hydrogen-bond donors (Lipinski definition) is 2. The molecule has 2 fully saturated rings. The van der Waals surface area contributed by atoms with Crippen LogP contribution in [0.3, 0.4) is 0 Å². The van der Waals surface area contributed by atoms with Crippen LogP contribution < -0.4 is 10.1 Å². The van der Waals surface area contributed by atoms with Crippen LogP contribution in [0, 0.1) is 11.2 Å². The Morgan fingerprint density at radius 3 is 2.60 bits per heavy atom. The third-order valence-electron chi connectivity index (χ3n) is 5.86. The van der Waals surface area contributed by atoms with Gasteiger partial charge in [-0.2, -0.15) is 0 Å². The molecule has 0 aromatic heterocycles. The van der Waals surface area contributed by atoms with Gasteiger partial charge in [0.1, 0.15) is 6.61 Å². The normalized spacial score (nSPS) is 18.3. The van der Waals surface area contributed by atoms with E-state index in [2.05, 4.69) is 40.9 Å². The highest BCUT2D eigenvalue weighted by Crippen LogP contribution is 2.28. The number of aliphatic imine (C=N–C) groups is 1. The second kappa shape index (κ2) is 10.2. The summed E-state index contributed by atoms with van der Waals surface area (Å²) in [7, 11) is 0. The van der Waals surface area contributed by atoms with Crippen LogP contribution in [0.5, 0.6) is 5.75 Å². The molecule has 1 aliphatic carbocycles. The van der Waals surface area contributed by atoms with Crippen molar-refractivity contribution in [2.45, 2.75) is 70.9 Å². The number of halogens is 1. The van der Waals surface area contributed by atoms with Gasteiger partial charge in [-0.1, -0.05) is 12.8 Å². The van der Waals surface area contributed by atoms with Gasteiger partial charge in [0.15, 0.2) is 11.6 Å². The second-order valence-electron chi connectivity index (χ2n) is 9.28. The first kappa shape index (κ1) is 22.5. The van der Waals surface area contributed by atoms with Crippen molar-refractivity contribution >= 4 is 18.0 Å². The summed E-state index contributed by atoms with van der Waals surface area (Å²) in [5, 5.41) is 11.0. The summed E-state index contributed by atoms with van der Waals surface area (Å²) in [6.07, 6.45) is 9.04. The molecule has 1 saturated heterocycles. The predicted molar refractivity (Wildman–Crippen MR) is 121 cm³/mol. The maximum Gasteiger partial charge on any atom is 0.221 e. The van der Waals surface area contributed by atoms with E-state index in [9.17, 15) is 4.39 Å². The molecule has 0 unspecified atom stereocenters. The second-order valence-corrected chi connectivity index (χ2v) is 9.28. The smallest absolute Gasteiger partial charge is 0.221 e. The van der Waals surface area contributed by atoms with Gasteiger partial charge in [-0.3, -0.25) is 10.3 Å². The van der Waals surface area contributed by atoms with Crippen molar-refractivity contribution in [3.8, 4) is 5.75 Å². The number of likely N-dealkylation sites (tertiary alicyclic amines) is 1. The molecule has 1 aromatic rings. The Morgan fingerprint density at radius 1 is 1.27 bits per heavy atom. The third kappa shape index (κ3) is 6.42. The fourth-order valence-electron chi connectivity index (χ4n) is 4.27. The average Bonchev–Trinajstić information content (AvgIpc) is 3.37. The van der Waals surface area contributed by atoms with Crippen molar-refractivity contribution in [2.75, 3.05) is 31.6 Å². The zero-order valence-corrected chi connectivity index (χ0v) is 18.6. The molecule has 3 rings (SSSR count). The van der Waals surface area contributed by atoms with Crippen LogP contribution in [0.25, 0.3) is 0 Å². The Hall–Kier alpha value is -2.15. The lowest BCUT2D eigenvalue weighted by Crippen LogP contribution is -2.46. The van der Waals surface area contributed by atoms with E-state index in [1.165, 1.54) is 31.7 Å². The minimum Gasteiger partial charge on any atom is -0.489 e. The molecule has 1 aliphatic heterocycles. The van der Waals surface area contributed by atoms with E-state index in [0.717, 1.165) is 32.5 Å². The quantitative estimate of drug-likeness (QED) is 0.498. The summed E-state index contributed by atoms with van der Waals surface area (Å²) in [5.41, 5.74) is 0.434. The number of hydrogen-bond acceptors (Lipinski definition) is 3. The molecule has 1 heterocycles. The van der Waals surface area contributed by atoms with Crippen LogP contribution >= 0.6 is 0 Å². The summed E-state index contributed by atoms with van der Waals surface area (Å²) in [6, 6.07) is 5.15. The summed E-state index contributed by atoms with van der Waals surface area (Å²) in [4.78, 5) is 8.87. The Kier molecular flexibility index (Phi) is 7.69. The zero-order chi connectivity index (χ0) is 21.6. The number of nitrogens with one attached hydrogen (secondary N) is 2. The first-order chi connectivity index (χ1) is 14.3. The number of benzene rings is 1. The van der Waals surface area contributed by atoms with Gasteiger partial charge in [0.25, 0.3) is 0 Å². The number of anilines is 1. The molecule has 0 spiro atoms. The standard InChI is InChI=1S/C23H36FN5O/c1-23(2,3)29(19-8-4-5-9-19)17-26-22(25)27-18-10-11-21(20(24)16-18)30-15-14-28-12-6-7-13-28/h10-11,16-17,19H,4-9,12-15H2,1-3H3,(H2,25,27)/b26-17+. The number of guanidine groups is 1. The fraction of sp³-hybridized carbons (Fsp3) is 0.652. The van der Waals surface area contributed by atoms with Crippen LogP contribution in [0.2, 0.25) is 0 Å². The van der Waals surface area contributed by atoms with Crippen molar-refractivity contribution < 1.29 is 9.13 Å². The van der Waals surface area contributed by atoms with Crippen molar-refractivity contribution in [3.63, 3.8) is 0 Å². The van der Waals surface area contributed by atoms with Gasteiger partial charge in [-0.25, -0.2) is 9.38 Å². The van der Waals surface area contributed by atoms with E-state index in [1.54, 1.807) is 18.5 Å². The Bertz CT molecular complexity index is 734. The van der Waals surface area contributed by atoms with E-state index in [0.29, 0.717) is 18.3 Å². The molecular weight excluding hydrogens is 381 g/mol. The molecule has 30 heavy (non-hydrogen) atoms. The highest BCUT2D eigenvalue weighted by Gasteiger charge is 2.28. The Labute approximate surface area is 180 Å². The lowest BCUT2D eigenvalue weighted by atomic mass is 10.0. The minimum absolute atomic E-state index is 0.00986. The Morgan fingerprint density at radius 2 is 1.97 bits per heavy atom. The molecule has 0 bridgehead atoms. The van der Waals surface area contributed by atoms with Crippen molar-refractivity contribution in [3.05, 3.63) is 24.0 Å². The minimum atomic E-state index is -0.430. The number of ether oxygens (including phenoxy) is 1. The van der Waals surface area contributed by atoms with Gasteiger partial charge in [0.2, 0.25) is 5.96 Å². The third-order valence-corrected chi connectivity index (χ3v) is 5.86. The molecule has 0 radical (unpaired) electrons. The maximum atomic E-state index is 14.4. The molecule has 0 amide bonds. The highest BCUT2D eigenvalue weighted by atomic mass is 19.1. The largest absolute Gasteiger partial charge is 0.489 e. The van der Waals surface area contributed by atoms with E-state index in [-0.39, 0.29) is 17.2 Å². The van der Waals surface area contributed by atoms with Crippen LogP contribution in [-0.2, 0) is 0 Å². The van der Waals surface area contributed by atoms with E-state index < -0.39 is 5.82 Å². The van der Waals surface area contributed by atoms with Crippen LogP contribution in [0.15, 0.2) is 23.2 Å². The molecule has 0 atom stereocenters. The van der Waals surface area contributed by atoms with Crippen molar-refractivity contribution in [1.82, 2.24) is 9.80 Å². The van der Waals surface area contributed by atoms with Gasteiger partial charge in [0.05, 0.1) is 6.34 Å². The van der Waals surface area contributed by atoms with E-state index >= 15 is 0 Å². The molecule has 166 valence electrons. The number of nitrogens with zero attached hydrogens (tertiary/aromatic N) is 3. The number of rotatable bonds is 7. The van der Waals surface area contributed by atoms with Gasteiger partial charge in [-0.15, -0.1) is 0 Å². The lowest BCUT2D eigenvalue weighted by Gasteiger charge is -2.38. The first-order valence-corrected chi connectivity index (χ1v) is 11.2. The monoisotopic (exact) mass is 417 g/mol. The van der Waals surface area contributed by atoms with Gasteiger partial charge in [-0.05, 0) is 71.7 Å². The molecule has 1 aromatic carbocycles. The van der Waals surface area contributed by atoms with Crippen molar-refractivity contribution in [2.24, 2.45) is 4.99 Å². The average molecular weight is 418 g/mol. The maximum absolute atomic E-state index is 14.4. The lowest BCUT2D eigenvalue weighted by molar-refractivity contribution is 0.184. The molecular formula is C23H36FN5O. The summed E-state index contributed by atoms with van der Waals surface area (Å²) >= 11 is 0. The SMILES string of the molecule is CC(C)(C)N(/C=N/C(=N)Nc1ccc(OCCN2CCCC2)c(F)c1)C1CCCC1. The predicted octanol–water partition coefficient (Wildman–Crippen LogP) is 4.72. The summed E-state index contributed by atoms with van der Waals surface area (Å²) in [6.45, 7) is 9.98. The topological polar surface area (TPSA) is 64.0 Å². The zero-order valence-electron chi connectivity index (χ0n) is 18.6.